The van der Waals surface area contributed by atoms with Gasteiger partial charge in [0.05, 0.1) is 22.9 Å². The van der Waals surface area contributed by atoms with Gasteiger partial charge in [-0.15, -0.1) is 13.2 Å². The number of anilines is 4. The van der Waals surface area contributed by atoms with Crippen LogP contribution in [0.3, 0.4) is 0 Å². The summed E-state index contributed by atoms with van der Waals surface area (Å²) in [4.78, 5) is 7.93. The molecule has 3 N–H and O–H groups in total. The smallest absolute Gasteiger partial charge is 0.404 e. The van der Waals surface area contributed by atoms with Crippen molar-refractivity contribution < 1.29 is 22.3 Å². The van der Waals surface area contributed by atoms with Crippen molar-refractivity contribution in [3.05, 3.63) is 59.6 Å². The Labute approximate surface area is 171 Å². The minimum absolute atomic E-state index is 0.0980. The highest BCUT2D eigenvalue weighted by Gasteiger charge is 2.32. The van der Waals surface area contributed by atoms with Gasteiger partial charge in [-0.2, -0.15) is 10.1 Å². The fraction of sp³-hybridized carbons (Fsp3) is 0.0556. The lowest BCUT2D eigenvalue weighted by Crippen LogP contribution is -2.17. The summed E-state index contributed by atoms with van der Waals surface area (Å²) in [5.74, 6) is -1.44. The molecule has 0 bridgehead atoms. The average Bonchev–Trinajstić information content (AvgIpc) is 3.13. The van der Waals surface area contributed by atoms with Crippen molar-refractivity contribution >= 4 is 45.6 Å². The zero-order valence-electron chi connectivity index (χ0n) is 14.8. The van der Waals surface area contributed by atoms with Crippen LogP contribution in [-0.4, -0.2) is 26.5 Å². The van der Waals surface area contributed by atoms with E-state index in [0.717, 1.165) is 29.2 Å². The predicted molar refractivity (Wildman–Crippen MR) is 103 cm³/mol. The summed E-state index contributed by atoms with van der Waals surface area (Å²) < 4.78 is 54.9. The minimum Gasteiger partial charge on any atom is -0.404 e. The van der Waals surface area contributed by atoms with Crippen molar-refractivity contribution in [3.8, 4) is 5.75 Å². The molecule has 0 aliphatic carbocycles. The van der Waals surface area contributed by atoms with Gasteiger partial charge in [-0.25, -0.2) is 9.37 Å². The normalized spacial score (nSPS) is 11.5. The lowest BCUT2D eigenvalue weighted by Gasteiger charge is -2.13. The van der Waals surface area contributed by atoms with Gasteiger partial charge >= 0.3 is 6.36 Å². The van der Waals surface area contributed by atoms with Crippen molar-refractivity contribution in [2.24, 2.45) is 0 Å². The highest BCUT2D eigenvalue weighted by atomic mass is 35.5. The molecule has 4 aromatic rings. The third-order valence-electron chi connectivity index (χ3n) is 3.86. The van der Waals surface area contributed by atoms with E-state index in [0.29, 0.717) is 5.69 Å². The standard InChI is InChI=1S/C18H11ClF4N6O/c19-12-5-10(3-4-15(12)30-18(21,22)23)26-16-13(20)8-24-17(28-16)27-11-2-1-9-7-25-29-14(9)6-11/h1-8H,(H,25,29)(H2,24,26,27,28). The van der Waals surface area contributed by atoms with Gasteiger partial charge in [0.2, 0.25) is 5.95 Å². The molecule has 0 atom stereocenters. The van der Waals surface area contributed by atoms with Crippen molar-refractivity contribution in [2.45, 2.75) is 6.36 Å². The molecular formula is C18H11ClF4N6O. The van der Waals surface area contributed by atoms with Crippen LogP contribution in [0, 0.1) is 5.82 Å². The number of nitrogens with zero attached hydrogens (tertiary/aromatic N) is 3. The second kappa shape index (κ2) is 7.67. The van der Waals surface area contributed by atoms with Crippen molar-refractivity contribution in [3.63, 3.8) is 0 Å². The van der Waals surface area contributed by atoms with E-state index in [4.69, 9.17) is 11.6 Å². The molecule has 0 saturated heterocycles. The molecule has 0 spiro atoms. The number of fused-ring (bicyclic) bond motifs is 1. The lowest BCUT2D eigenvalue weighted by molar-refractivity contribution is -0.274. The Balaban J connectivity index is 1.54. The highest BCUT2D eigenvalue weighted by molar-refractivity contribution is 6.32. The monoisotopic (exact) mass is 438 g/mol. The van der Waals surface area contributed by atoms with Crippen LogP contribution in [0.2, 0.25) is 5.02 Å². The van der Waals surface area contributed by atoms with Gasteiger partial charge in [0, 0.05) is 16.8 Å². The maximum Gasteiger partial charge on any atom is 0.573 e. The van der Waals surface area contributed by atoms with Crippen LogP contribution in [0.15, 0.2) is 48.8 Å². The number of halogens is 5. The number of rotatable bonds is 5. The van der Waals surface area contributed by atoms with Gasteiger partial charge in [0.1, 0.15) is 5.75 Å². The van der Waals surface area contributed by atoms with Gasteiger partial charge < -0.3 is 15.4 Å². The highest BCUT2D eigenvalue weighted by Crippen LogP contribution is 2.33. The maximum absolute atomic E-state index is 14.1. The molecule has 30 heavy (non-hydrogen) atoms. The van der Waals surface area contributed by atoms with Gasteiger partial charge in [-0.05, 0) is 36.4 Å². The van der Waals surface area contributed by atoms with Crippen molar-refractivity contribution in [1.82, 2.24) is 20.2 Å². The number of alkyl halides is 3. The van der Waals surface area contributed by atoms with Crippen LogP contribution in [0.5, 0.6) is 5.75 Å². The second-order valence-corrected chi connectivity index (χ2v) is 6.41. The SMILES string of the molecule is Fc1cnc(Nc2ccc3cn[nH]c3c2)nc1Nc1ccc(OC(F)(F)F)c(Cl)c1. The largest absolute Gasteiger partial charge is 0.573 e. The van der Waals surface area contributed by atoms with Gasteiger partial charge in [-0.3, -0.25) is 5.10 Å². The maximum atomic E-state index is 14.1. The van der Waals surface area contributed by atoms with Crippen molar-refractivity contribution in [2.75, 3.05) is 10.6 Å². The average molecular weight is 439 g/mol. The number of H-pyrrole nitrogens is 1. The summed E-state index contributed by atoms with van der Waals surface area (Å²) in [6, 6.07) is 8.79. The first-order valence-electron chi connectivity index (χ1n) is 8.32. The Bertz CT molecular complexity index is 1210. The van der Waals surface area contributed by atoms with Crippen LogP contribution < -0.4 is 15.4 Å². The molecule has 0 unspecified atom stereocenters. The Morgan fingerprint density at radius 2 is 1.77 bits per heavy atom. The fourth-order valence-electron chi connectivity index (χ4n) is 2.58. The molecule has 2 aromatic heterocycles. The molecule has 0 fully saturated rings. The van der Waals surface area contributed by atoms with E-state index < -0.39 is 17.9 Å². The molecule has 7 nitrogen and oxygen atoms in total. The lowest BCUT2D eigenvalue weighted by atomic mass is 10.2. The van der Waals surface area contributed by atoms with Crippen LogP contribution in [0.4, 0.5) is 40.7 Å². The van der Waals surface area contributed by atoms with E-state index in [-0.39, 0.29) is 22.5 Å². The summed E-state index contributed by atoms with van der Waals surface area (Å²) in [5, 5.41) is 13.0. The number of aromatic amines is 1. The predicted octanol–water partition coefficient (Wildman–Crippen LogP) is 5.53. The van der Waals surface area contributed by atoms with E-state index in [2.05, 4.69) is 35.5 Å². The third kappa shape index (κ3) is 4.51. The zero-order chi connectivity index (χ0) is 21.3. The van der Waals surface area contributed by atoms with Crippen molar-refractivity contribution in [1.29, 1.82) is 0 Å². The number of hydrogen-bond acceptors (Lipinski definition) is 6. The van der Waals surface area contributed by atoms with E-state index >= 15 is 0 Å². The molecule has 154 valence electrons. The van der Waals surface area contributed by atoms with E-state index in [9.17, 15) is 17.6 Å². The van der Waals surface area contributed by atoms with E-state index in [1.54, 1.807) is 18.3 Å². The van der Waals surface area contributed by atoms with Crippen LogP contribution in [0.1, 0.15) is 0 Å². The Morgan fingerprint density at radius 1 is 1.00 bits per heavy atom. The molecular weight excluding hydrogens is 428 g/mol. The van der Waals surface area contributed by atoms with Gasteiger partial charge in [0.25, 0.3) is 0 Å². The number of aromatic nitrogens is 4. The van der Waals surface area contributed by atoms with E-state index in [1.165, 1.54) is 6.07 Å². The summed E-state index contributed by atoms with van der Waals surface area (Å²) in [5.41, 5.74) is 1.63. The Hall–Kier alpha value is -3.60. The number of nitrogens with one attached hydrogen (secondary N) is 3. The summed E-state index contributed by atoms with van der Waals surface area (Å²) in [7, 11) is 0. The second-order valence-electron chi connectivity index (χ2n) is 6.01. The first kappa shape index (κ1) is 19.7. The summed E-state index contributed by atoms with van der Waals surface area (Å²) in [6.07, 6.45) is -2.25. The van der Waals surface area contributed by atoms with E-state index in [1.807, 2.05) is 6.07 Å². The summed E-state index contributed by atoms with van der Waals surface area (Å²) >= 11 is 5.81. The number of ether oxygens (including phenoxy) is 1. The first-order chi connectivity index (χ1) is 14.3. The molecule has 2 aromatic carbocycles. The quantitative estimate of drug-likeness (QED) is 0.355. The zero-order valence-corrected chi connectivity index (χ0v) is 15.5. The molecule has 0 amide bonds. The molecule has 0 aliphatic heterocycles. The molecule has 4 rings (SSSR count). The molecule has 0 radical (unpaired) electrons. The summed E-state index contributed by atoms with van der Waals surface area (Å²) in [6.45, 7) is 0. The van der Waals surface area contributed by atoms with Gasteiger partial charge in [0.15, 0.2) is 11.6 Å². The Kier molecular flexibility index (Phi) is 5.04. The molecule has 0 aliphatic rings. The minimum atomic E-state index is -4.88. The Morgan fingerprint density at radius 3 is 2.53 bits per heavy atom. The fourth-order valence-corrected chi connectivity index (χ4v) is 2.80. The topological polar surface area (TPSA) is 87.8 Å². The third-order valence-corrected chi connectivity index (χ3v) is 4.16. The molecule has 12 heteroatoms. The van der Waals surface area contributed by atoms with Gasteiger partial charge in [-0.1, -0.05) is 11.6 Å². The van der Waals surface area contributed by atoms with Crippen LogP contribution in [-0.2, 0) is 0 Å². The molecule has 2 heterocycles. The number of benzene rings is 2. The van der Waals surface area contributed by atoms with Crippen LogP contribution in [0.25, 0.3) is 10.9 Å². The van der Waals surface area contributed by atoms with Crippen LogP contribution >= 0.6 is 11.6 Å². The molecule has 0 saturated carbocycles. The number of hydrogen-bond donors (Lipinski definition) is 3. The first-order valence-corrected chi connectivity index (χ1v) is 8.70.